The Morgan fingerprint density at radius 2 is 0.500 bits per heavy atom. The van der Waals surface area contributed by atoms with Crippen LogP contribution in [0, 0.1) is 122 Å². The molecule has 52 heavy (non-hydrogen) atoms. The van der Waals surface area contributed by atoms with E-state index in [1.54, 1.807) is 0 Å². The van der Waals surface area contributed by atoms with E-state index < -0.39 is 168 Å². The van der Waals surface area contributed by atoms with Crippen molar-refractivity contribution in [2.24, 2.45) is 0 Å². The molecule has 0 unspecified atom stereocenters. The van der Waals surface area contributed by atoms with Gasteiger partial charge >= 0.3 is 7.12 Å². The zero-order valence-corrected chi connectivity index (χ0v) is 23.3. The van der Waals surface area contributed by atoms with E-state index in [0.717, 1.165) is 0 Å². The SMILES string of the molecule is Fc1c(F)c(F)c(B(Oc2c(F)c(F)c(F)c(F)c2-c2c(F)c(F)c(F)c(F)c2F)Oc2c(F)c(F)c(F)c3c(F)c(F)c(F)c(F)c23)c(F)c1F. The Hall–Kier alpha value is -5.45. The minimum absolute atomic E-state index is 2.49. The van der Waals surface area contributed by atoms with Crippen LogP contribution in [0.25, 0.3) is 21.9 Å². The minimum atomic E-state index is -4.32. The van der Waals surface area contributed by atoms with Crippen LogP contribution in [0.2, 0.25) is 0 Å². The molecule has 0 heterocycles. The Kier molecular flexibility index (Phi) is 9.42. The molecular weight excluding hydrogens is 778 g/mol. The van der Waals surface area contributed by atoms with Gasteiger partial charge in [0.1, 0.15) is 0 Å². The van der Waals surface area contributed by atoms with Gasteiger partial charge in [-0.25, -0.2) is 83.4 Å². The maximum Gasteiger partial charge on any atom is 0.639 e. The van der Waals surface area contributed by atoms with Gasteiger partial charge in [0.25, 0.3) is 0 Å². The normalized spacial score (nSPS) is 11.6. The van der Waals surface area contributed by atoms with E-state index in [4.69, 9.17) is 0 Å². The Bertz CT molecular complexity index is 2330. The lowest BCUT2D eigenvalue weighted by Crippen LogP contribution is -2.48. The second-order valence-electron chi connectivity index (χ2n) is 9.73. The van der Waals surface area contributed by atoms with Crippen molar-refractivity contribution >= 4 is 23.4 Å². The van der Waals surface area contributed by atoms with Gasteiger partial charge in [-0.05, 0) is 0 Å². The maximum absolute atomic E-state index is 15.2. The van der Waals surface area contributed by atoms with Gasteiger partial charge in [-0.2, -0.15) is 8.78 Å². The van der Waals surface area contributed by atoms with Crippen LogP contribution in [0.3, 0.4) is 0 Å². The summed E-state index contributed by atoms with van der Waals surface area (Å²) in [6.45, 7) is 0. The van der Waals surface area contributed by atoms with Gasteiger partial charge in [0.2, 0.25) is 23.3 Å². The molecule has 0 aromatic heterocycles. The molecule has 0 aliphatic heterocycles. The Morgan fingerprint density at radius 1 is 0.231 bits per heavy atom. The molecule has 0 fully saturated rings. The molecule has 0 amide bonds. The zero-order valence-electron chi connectivity index (χ0n) is 23.3. The number of benzene rings is 5. The number of hydrogen-bond acceptors (Lipinski definition) is 2. The second kappa shape index (κ2) is 13.0. The quantitative estimate of drug-likeness (QED) is 0.0741. The lowest BCUT2D eigenvalue weighted by molar-refractivity contribution is 0.352. The van der Waals surface area contributed by atoms with Crippen LogP contribution in [-0.2, 0) is 0 Å². The van der Waals surface area contributed by atoms with Crippen LogP contribution in [0.15, 0.2) is 0 Å². The highest BCUT2D eigenvalue weighted by molar-refractivity contribution is 6.63. The molecule has 5 aromatic carbocycles. The summed E-state index contributed by atoms with van der Waals surface area (Å²) in [5.41, 5.74) is -8.55. The van der Waals surface area contributed by atoms with E-state index >= 15 is 13.2 Å². The van der Waals surface area contributed by atoms with Crippen LogP contribution in [0.1, 0.15) is 0 Å². The highest BCUT2D eigenvalue weighted by Gasteiger charge is 2.45. The van der Waals surface area contributed by atoms with E-state index in [-0.39, 0.29) is 0 Å². The first-order valence-electron chi connectivity index (χ1n) is 12.6. The fourth-order valence-corrected chi connectivity index (χ4v) is 4.53. The average molecular weight is 778 g/mol. The summed E-state index contributed by atoms with van der Waals surface area (Å²) < 4.78 is 312. The molecule has 5 aromatic rings. The van der Waals surface area contributed by atoms with Crippen molar-refractivity contribution in [1.82, 2.24) is 0 Å². The first-order chi connectivity index (χ1) is 24.1. The first-order valence-corrected chi connectivity index (χ1v) is 12.6. The van der Waals surface area contributed by atoms with Gasteiger partial charge < -0.3 is 9.31 Å². The van der Waals surface area contributed by atoms with Crippen LogP contribution in [0.5, 0.6) is 11.5 Å². The Morgan fingerprint density at radius 3 is 0.942 bits per heavy atom. The van der Waals surface area contributed by atoms with Gasteiger partial charge in [0, 0.05) is 0 Å². The average Bonchev–Trinajstić information content (AvgIpc) is 3.11. The monoisotopic (exact) mass is 778 g/mol. The van der Waals surface area contributed by atoms with Crippen molar-refractivity contribution in [2.45, 2.75) is 0 Å². The van der Waals surface area contributed by atoms with E-state index in [0.29, 0.717) is 0 Å². The van der Waals surface area contributed by atoms with Gasteiger partial charge in [0.15, 0.2) is 110 Å². The molecular formula is C28BF21O2. The molecule has 0 N–H and O–H groups in total. The third kappa shape index (κ3) is 5.28. The van der Waals surface area contributed by atoms with Crippen molar-refractivity contribution in [3.05, 3.63) is 122 Å². The summed E-state index contributed by atoms with van der Waals surface area (Å²) in [5, 5.41) is -5.00. The standard InChI is InChI=1S/C28BF21O2/c30-6-2-4(10(34)17(41)14(6)38)27(25(49)19(43)9(2)33)51-29(5-12(36)20(44)23(47)21(45)13(5)37)52-28-3(11(35)18(42)24(48)26(28)50)1-7(31)15(39)22(46)16(40)8(1)32. The van der Waals surface area contributed by atoms with E-state index in [1.807, 2.05) is 0 Å². The highest BCUT2D eigenvalue weighted by atomic mass is 19.2. The van der Waals surface area contributed by atoms with Crippen LogP contribution < -0.4 is 14.8 Å². The lowest BCUT2D eigenvalue weighted by Gasteiger charge is -2.23. The van der Waals surface area contributed by atoms with Gasteiger partial charge in [-0.3, -0.25) is 0 Å². The molecule has 0 saturated heterocycles. The number of hydrogen-bond donors (Lipinski definition) is 0. The van der Waals surface area contributed by atoms with Gasteiger partial charge in [-0.1, -0.05) is 0 Å². The summed E-state index contributed by atoms with van der Waals surface area (Å²) >= 11 is 0. The van der Waals surface area contributed by atoms with Crippen LogP contribution >= 0.6 is 0 Å². The van der Waals surface area contributed by atoms with E-state index in [9.17, 15) is 79.0 Å². The summed E-state index contributed by atoms with van der Waals surface area (Å²) in [5.74, 6) is -71.4. The molecule has 24 heteroatoms. The predicted octanol–water partition coefficient (Wildman–Crippen LogP) is 9.28. The molecule has 5 rings (SSSR count). The van der Waals surface area contributed by atoms with Gasteiger partial charge in [-0.15, -0.1) is 0 Å². The third-order valence-corrected chi connectivity index (χ3v) is 6.91. The molecule has 0 atom stereocenters. The summed E-state index contributed by atoms with van der Waals surface area (Å²) in [7, 11) is -4.32. The minimum Gasteiger partial charge on any atom is -0.519 e. The zero-order chi connectivity index (χ0) is 39.2. The molecule has 274 valence electrons. The van der Waals surface area contributed by atoms with Crippen molar-refractivity contribution in [1.29, 1.82) is 0 Å². The third-order valence-electron chi connectivity index (χ3n) is 6.91. The molecule has 0 spiro atoms. The fourth-order valence-electron chi connectivity index (χ4n) is 4.53. The lowest BCUT2D eigenvalue weighted by atomic mass is 9.76. The van der Waals surface area contributed by atoms with Crippen LogP contribution in [-0.4, -0.2) is 7.12 Å². The Labute approximate surface area is 270 Å². The number of halogens is 21. The summed E-state index contributed by atoms with van der Waals surface area (Å²) in [4.78, 5) is 0. The highest BCUT2D eigenvalue weighted by Crippen LogP contribution is 2.44. The van der Waals surface area contributed by atoms with Crippen molar-refractivity contribution in [3.8, 4) is 22.6 Å². The van der Waals surface area contributed by atoms with Crippen molar-refractivity contribution < 1.29 is 102 Å². The summed E-state index contributed by atoms with van der Waals surface area (Å²) in [6, 6.07) is 0. The predicted molar refractivity (Wildman–Crippen MR) is 128 cm³/mol. The molecule has 0 aliphatic rings. The topological polar surface area (TPSA) is 18.5 Å². The smallest absolute Gasteiger partial charge is 0.519 e. The summed E-state index contributed by atoms with van der Waals surface area (Å²) in [6.07, 6.45) is 0. The van der Waals surface area contributed by atoms with Crippen molar-refractivity contribution in [2.75, 3.05) is 0 Å². The first kappa shape index (κ1) is 37.8. The molecule has 0 radical (unpaired) electrons. The van der Waals surface area contributed by atoms with Crippen molar-refractivity contribution in [3.63, 3.8) is 0 Å². The van der Waals surface area contributed by atoms with Crippen LogP contribution in [0.4, 0.5) is 92.2 Å². The largest absolute Gasteiger partial charge is 0.639 e. The number of rotatable bonds is 6. The fraction of sp³-hybridized carbons (Fsp3) is 0. The second-order valence-corrected chi connectivity index (χ2v) is 9.73. The van der Waals surface area contributed by atoms with E-state index in [2.05, 4.69) is 9.31 Å². The maximum atomic E-state index is 15.2. The molecule has 0 saturated carbocycles. The van der Waals surface area contributed by atoms with Gasteiger partial charge in [0.05, 0.1) is 27.4 Å². The molecule has 0 aliphatic carbocycles. The molecule has 0 bridgehead atoms. The number of fused-ring (bicyclic) bond motifs is 1. The Balaban J connectivity index is 1.95. The van der Waals surface area contributed by atoms with E-state index in [1.165, 1.54) is 0 Å². The molecule has 2 nitrogen and oxygen atoms in total.